The number of anilines is 1. The first-order valence-electron chi connectivity index (χ1n) is 8.60. The average molecular weight is 402 g/mol. The molecule has 0 spiro atoms. The van der Waals surface area contributed by atoms with E-state index in [0.29, 0.717) is 11.5 Å². The van der Waals surface area contributed by atoms with Crippen molar-refractivity contribution >= 4 is 34.7 Å². The summed E-state index contributed by atoms with van der Waals surface area (Å²) < 4.78 is 4.34. The number of carbonyl (C=O) groups excluding carboxylic acids is 1. The van der Waals surface area contributed by atoms with Crippen molar-refractivity contribution in [2.45, 2.75) is 26.8 Å². The third kappa shape index (κ3) is 4.01. The molecule has 3 rings (SSSR count). The molecule has 1 unspecified atom stereocenters. The summed E-state index contributed by atoms with van der Waals surface area (Å²) in [4.78, 5) is 26.9. The molecule has 8 heteroatoms. The number of nitrogens with zero attached hydrogens (tertiary/aromatic N) is 5. The fourth-order valence-corrected chi connectivity index (χ4v) is 4.43. The van der Waals surface area contributed by atoms with Gasteiger partial charge in [-0.05, 0) is 44.4 Å². The largest absolute Gasteiger partial charge is 0.346 e. The molecule has 2 heterocycles. The molecule has 1 aromatic carbocycles. The lowest BCUT2D eigenvalue weighted by Gasteiger charge is -2.24. The standard InChI is InChI=1S/C19H23N5OS2/c1-11(16-12(2)26-13(3)20-16)24(6)18(25)15-9-7-8-14(10-15)17-21-19(22-27-17)23(4)5/h7-11H,1-6H3. The van der Waals surface area contributed by atoms with E-state index in [0.717, 1.165) is 26.1 Å². The lowest BCUT2D eigenvalue weighted by atomic mass is 10.1. The van der Waals surface area contributed by atoms with E-state index < -0.39 is 0 Å². The predicted octanol–water partition coefficient (Wildman–Crippen LogP) is 4.18. The molecule has 142 valence electrons. The Labute approximate surface area is 167 Å². The minimum absolute atomic E-state index is 0.0354. The Morgan fingerprint density at radius 1 is 1.15 bits per heavy atom. The van der Waals surface area contributed by atoms with Crippen LogP contribution < -0.4 is 4.90 Å². The van der Waals surface area contributed by atoms with Crippen molar-refractivity contribution < 1.29 is 4.79 Å². The average Bonchev–Trinajstić information content (AvgIpc) is 3.26. The third-order valence-corrected chi connectivity index (χ3v) is 6.06. The number of hydrogen-bond acceptors (Lipinski definition) is 7. The lowest BCUT2D eigenvalue weighted by Crippen LogP contribution is -2.30. The Hall–Kier alpha value is -2.32. The Morgan fingerprint density at radius 3 is 2.48 bits per heavy atom. The van der Waals surface area contributed by atoms with E-state index in [9.17, 15) is 4.79 Å². The van der Waals surface area contributed by atoms with Gasteiger partial charge in [0, 0.05) is 37.1 Å². The number of benzene rings is 1. The summed E-state index contributed by atoms with van der Waals surface area (Å²) in [6.07, 6.45) is 0. The smallest absolute Gasteiger partial charge is 0.254 e. The van der Waals surface area contributed by atoms with Gasteiger partial charge in [-0.1, -0.05) is 12.1 Å². The predicted molar refractivity (Wildman–Crippen MR) is 112 cm³/mol. The summed E-state index contributed by atoms with van der Waals surface area (Å²) >= 11 is 2.99. The van der Waals surface area contributed by atoms with E-state index in [1.165, 1.54) is 11.5 Å². The molecule has 1 amide bonds. The highest BCUT2D eigenvalue weighted by atomic mass is 32.1. The van der Waals surface area contributed by atoms with Gasteiger partial charge in [0.1, 0.15) is 5.01 Å². The first-order valence-corrected chi connectivity index (χ1v) is 10.2. The normalized spacial score (nSPS) is 12.1. The summed E-state index contributed by atoms with van der Waals surface area (Å²) in [5.41, 5.74) is 2.49. The Morgan fingerprint density at radius 2 is 1.89 bits per heavy atom. The highest BCUT2D eigenvalue weighted by Gasteiger charge is 2.23. The molecule has 0 fully saturated rings. The molecule has 0 aliphatic heterocycles. The number of rotatable bonds is 5. The minimum Gasteiger partial charge on any atom is -0.346 e. The van der Waals surface area contributed by atoms with Crippen LogP contribution in [0.25, 0.3) is 10.6 Å². The Balaban J connectivity index is 1.85. The van der Waals surface area contributed by atoms with Crippen LogP contribution in [0.4, 0.5) is 5.95 Å². The Kier molecular flexibility index (Phi) is 5.57. The molecule has 2 aromatic heterocycles. The molecule has 3 aromatic rings. The minimum atomic E-state index is -0.0898. The van der Waals surface area contributed by atoms with Gasteiger partial charge in [0.15, 0.2) is 0 Å². The highest BCUT2D eigenvalue weighted by molar-refractivity contribution is 7.11. The molecule has 27 heavy (non-hydrogen) atoms. The van der Waals surface area contributed by atoms with Gasteiger partial charge >= 0.3 is 0 Å². The van der Waals surface area contributed by atoms with Crippen LogP contribution in [-0.4, -0.2) is 46.3 Å². The first-order chi connectivity index (χ1) is 12.8. The van der Waals surface area contributed by atoms with E-state index in [4.69, 9.17) is 0 Å². The second-order valence-corrected chi connectivity index (χ2v) is 8.80. The Bertz CT molecular complexity index is 963. The van der Waals surface area contributed by atoms with Crippen LogP contribution in [0.1, 0.15) is 38.9 Å². The molecule has 0 N–H and O–H groups in total. The van der Waals surface area contributed by atoms with Gasteiger partial charge in [-0.2, -0.15) is 9.36 Å². The monoisotopic (exact) mass is 401 g/mol. The quantitative estimate of drug-likeness (QED) is 0.642. The van der Waals surface area contributed by atoms with Gasteiger partial charge in [0.2, 0.25) is 5.95 Å². The number of hydrogen-bond donors (Lipinski definition) is 0. The first kappa shape index (κ1) is 19.4. The van der Waals surface area contributed by atoms with Gasteiger partial charge in [0.05, 0.1) is 16.7 Å². The summed E-state index contributed by atoms with van der Waals surface area (Å²) in [6.45, 7) is 6.05. The number of aryl methyl sites for hydroxylation is 2. The zero-order valence-electron chi connectivity index (χ0n) is 16.3. The fourth-order valence-electron chi connectivity index (χ4n) is 2.80. The zero-order valence-corrected chi connectivity index (χ0v) is 18.0. The number of aromatic nitrogens is 3. The molecular formula is C19H23N5OS2. The van der Waals surface area contributed by atoms with Crippen LogP contribution in [0.5, 0.6) is 0 Å². The SMILES string of the molecule is Cc1nc(C(C)N(C)C(=O)c2cccc(-c3nc(N(C)C)ns3)c2)c(C)s1. The summed E-state index contributed by atoms with van der Waals surface area (Å²) in [6, 6.07) is 7.46. The van der Waals surface area contributed by atoms with E-state index in [1.807, 2.05) is 71.1 Å². The molecule has 0 bridgehead atoms. The van der Waals surface area contributed by atoms with E-state index in [2.05, 4.69) is 14.3 Å². The summed E-state index contributed by atoms with van der Waals surface area (Å²) in [7, 11) is 5.64. The van der Waals surface area contributed by atoms with Crippen molar-refractivity contribution in [2.24, 2.45) is 0 Å². The molecule has 0 saturated carbocycles. The van der Waals surface area contributed by atoms with Gasteiger partial charge in [-0.25, -0.2) is 4.98 Å². The maximum atomic E-state index is 13.0. The van der Waals surface area contributed by atoms with Crippen molar-refractivity contribution in [1.29, 1.82) is 0 Å². The summed E-state index contributed by atoms with van der Waals surface area (Å²) in [5, 5.41) is 1.82. The van der Waals surface area contributed by atoms with Gasteiger partial charge in [-0.3, -0.25) is 4.79 Å². The van der Waals surface area contributed by atoms with E-state index >= 15 is 0 Å². The molecule has 6 nitrogen and oxygen atoms in total. The van der Waals surface area contributed by atoms with Crippen molar-refractivity contribution in [1.82, 2.24) is 19.2 Å². The van der Waals surface area contributed by atoms with Gasteiger partial charge < -0.3 is 9.80 Å². The van der Waals surface area contributed by atoms with Gasteiger partial charge in [0.25, 0.3) is 5.91 Å². The van der Waals surface area contributed by atoms with Crippen molar-refractivity contribution in [3.63, 3.8) is 0 Å². The molecule has 0 saturated heterocycles. The lowest BCUT2D eigenvalue weighted by molar-refractivity contribution is 0.0740. The van der Waals surface area contributed by atoms with Crippen molar-refractivity contribution in [3.05, 3.63) is 45.4 Å². The van der Waals surface area contributed by atoms with E-state index in [1.54, 1.807) is 16.2 Å². The summed E-state index contributed by atoms with van der Waals surface area (Å²) in [5.74, 6) is 0.638. The number of thiazole rings is 1. The highest BCUT2D eigenvalue weighted by Crippen LogP contribution is 2.28. The van der Waals surface area contributed by atoms with Crippen molar-refractivity contribution in [3.8, 4) is 10.6 Å². The molecule has 0 radical (unpaired) electrons. The van der Waals surface area contributed by atoms with Crippen LogP contribution >= 0.6 is 22.9 Å². The van der Waals surface area contributed by atoms with Crippen LogP contribution in [-0.2, 0) is 0 Å². The van der Waals surface area contributed by atoms with Gasteiger partial charge in [-0.15, -0.1) is 11.3 Å². The van der Waals surface area contributed by atoms with Crippen molar-refractivity contribution in [2.75, 3.05) is 26.0 Å². The molecule has 0 aliphatic carbocycles. The zero-order chi connectivity index (χ0) is 19.7. The van der Waals surface area contributed by atoms with Crippen LogP contribution in [0.3, 0.4) is 0 Å². The van der Waals surface area contributed by atoms with E-state index in [-0.39, 0.29) is 11.9 Å². The fraction of sp³-hybridized carbons (Fsp3) is 0.368. The number of carbonyl (C=O) groups is 1. The molecular weight excluding hydrogens is 378 g/mol. The van der Waals surface area contributed by atoms with Crippen LogP contribution in [0, 0.1) is 13.8 Å². The second kappa shape index (κ2) is 7.74. The topological polar surface area (TPSA) is 62.2 Å². The second-order valence-electron chi connectivity index (χ2n) is 6.64. The maximum Gasteiger partial charge on any atom is 0.254 e. The van der Waals surface area contributed by atoms with Crippen LogP contribution in [0.2, 0.25) is 0 Å². The third-order valence-electron chi connectivity index (χ3n) is 4.41. The number of amides is 1. The van der Waals surface area contributed by atoms with Crippen LogP contribution in [0.15, 0.2) is 24.3 Å². The molecule has 0 aliphatic rings. The maximum absolute atomic E-state index is 13.0. The molecule has 1 atom stereocenters.